The van der Waals surface area contributed by atoms with Crippen LogP contribution in [0.4, 0.5) is 13.9 Å². The summed E-state index contributed by atoms with van der Waals surface area (Å²) >= 11 is 0.541. The Kier molecular flexibility index (Phi) is 4.17. The number of hydrogen-bond acceptors (Lipinski definition) is 6. The molecule has 9 heteroatoms. The fourth-order valence-electron chi connectivity index (χ4n) is 1.20. The molecule has 0 spiro atoms. The Bertz CT molecular complexity index is 673. The van der Waals surface area contributed by atoms with Gasteiger partial charge >= 0.3 is 0 Å². The molecular formula is C11H6F2N4O2S. The third kappa shape index (κ3) is 3.24. The van der Waals surface area contributed by atoms with Gasteiger partial charge in [0.2, 0.25) is 5.13 Å². The molecule has 0 saturated carbocycles. The van der Waals surface area contributed by atoms with Crippen LogP contribution in [-0.4, -0.2) is 16.1 Å². The number of hydrogen-bond donors (Lipinski definition) is 1. The van der Waals surface area contributed by atoms with Crippen LogP contribution in [0.2, 0.25) is 0 Å². The van der Waals surface area contributed by atoms with E-state index in [9.17, 15) is 13.6 Å². The van der Waals surface area contributed by atoms with Crippen molar-refractivity contribution in [2.45, 2.75) is 6.43 Å². The second-order valence-electron chi connectivity index (χ2n) is 3.39. The molecule has 0 aliphatic heterocycles. The highest BCUT2D eigenvalue weighted by Crippen LogP contribution is 2.25. The molecule has 0 aliphatic rings. The number of furan rings is 1. The number of carbonyl (C=O) groups excluding carboxylic acids is 1. The summed E-state index contributed by atoms with van der Waals surface area (Å²) in [6.45, 7) is 0. The summed E-state index contributed by atoms with van der Waals surface area (Å²) < 4.78 is 29.6. The molecule has 2 aromatic heterocycles. The summed E-state index contributed by atoms with van der Waals surface area (Å²) in [7, 11) is 0. The molecule has 102 valence electrons. The topological polar surface area (TPSA) is 91.8 Å². The van der Waals surface area contributed by atoms with Crippen LogP contribution in [0.3, 0.4) is 0 Å². The Hall–Kier alpha value is -2.60. The summed E-state index contributed by atoms with van der Waals surface area (Å²) in [6.07, 6.45) is -0.143. The number of carbonyl (C=O) groups is 1. The molecule has 0 bridgehead atoms. The van der Waals surface area contributed by atoms with Crippen molar-refractivity contribution in [3.8, 4) is 6.07 Å². The van der Waals surface area contributed by atoms with Crippen molar-refractivity contribution in [1.82, 2.24) is 10.2 Å². The van der Waals surface area contributed by atoms with E-state index in [0.29, 0.717) is 17.1 Å². The molecule has 0 aliphatic carbocycles. The second kappa shape index (κ2) is 6.03. The van der Waals surface area contributed by atoms with Crippen LogP contribution in [0.15, 0.2) is 28.4 Å². The second-order valence-corrected chi connectivity index (χ2v) is 4.39. The van der Waals surface area contributed by atoms with Gasteiger partial charge in [-0.1, -0.05) is 11.3 Å². The van der Waals surface area contributed by atoms with Crippen LogP contribution in [0.25, 0.3) is 6.08 Å². The third-order valence-electron chi connectivity index (χ3n) is 2.04. The minimum atomic E-state index is -2.76. The molecule has 20 heavy (non-hydrogen) atoms. The Morgan fingerprint density at radius 1 is 1.55 bits per heavy atom. The van der Waals surface area contributed by atoms with Gasteiger partial charge in [-0.05, 0) is 12.1 Å². The van der Waals surface area contributed by atoms with Crippen molar-refractivity contribution in [3.63, 3.8) is 0 Å². The molecule has 6 nitrogen and oxygen atoms in total. The number of nitrogens with zero attached hydrogens (tertiary/aromatic N) is 3. The first-order chi connectivity index (χ1) is 9.60. The molecule has 0 atom stereocenters. The monoisotopic (exact) mass is 296 g/mol. The molecule has 0 radical (unpaired) electrons. The van der Waals surface area contributed by atoms with Gasteiger partial charge in [0, 0.05) is 6.08 Å². The average molecular weight is 296 g/mol. The van der Waals surface area contributed by atoms with Crippen molar-refractivity contribution in [2.24, 2.45) is 0 Å². The van der Waals surface area contributed by atoms with E-state index in [4.69, 9.17) is 9.68 Å². The number of halogens is 2. The largest absolute Gasteiger partial charge is 0.465 e. The van der Waals surface area contributed by atoms with Crippen molar-refractivity contribution >= 4 is 28.5 Å². The van der Waals surface area contributed by atoms with E-state index in [2.05, 4.69) is 15.5 Å². The van der Waals surface area contributed by atoms with Crippen LogP contribution in [-0.2, 0) is 4.79 Å². The van der Waals surface area contributed by atoms with Gasteiger partial charge in [0.1, 0.15) is 17.4 Å². The van der Waals surface area contributed by atoms with Gasteiger partial charge in [0.25, 0.3) is 12.3 Å². The first-order valence-electron chi connectivity index (χ1n) is 5.18. The number of rotatable bonds is 4. The zero-order valence-corrected chi connectivity index (χ0v) is 10.5. The lowest BCUT2D eigenvalue weighted by Gasteiger charge is -1.98. The lowest BCUT2D eigenvalue weighted by Crippen LogP contribution is -2.13. The zero-order valence-electron chi connectivity index (χ0n) is 9.71. The Balaban J connectivity index is 2.12. The molecule has 0 saturated heterocycles. The molecule has 1 amide bonds. The number of nitriles is 1. The summed E-state index contributed by atoms with van der Waals surface area (Å²) in [5.74, 6) is -0.455. The van der Waals surface area contributed by atoms with Gasteiger partial charge in [0.15, 0.2) is 5.01 Å². The Morgan fingerprint density at radius 3 is 2.90 bits per heavy atom. The smallest absolute Gasteiger partial charge is 0.291 e. The van der Waals surface area contributed by atoms with Crippen molar-refractivity contribution in [1.29, 1.82) is 5.26 Å². The van der Waals surface area contributed by atoms with Crippen molar-refractivity contribution in [3.05, 3.63) is 34.7 Å². The Labute approximate surface area is 115 Å². The predicted molar refractivity (Wildman–Crippen MR) is 65.8 cm³/mol. The molecule has 0 fully saturated rings. The highest BCUT2D eigenvalue weighted by molar-refractivity contribution is 7.15. The Morgan fingerprint density at radius 2 is 2.35 bits per heavy atom. The quantitative estimate of drug-likeness (QED) is 0.691. The summed E-state index contributed by atoms with van der Waals surface area (Å²) in [4.78, 5) is 11.8. The van der Waals surface area contributed by atoms with E-state index in [1.54, 1.807) is 18.2 Å². The summed E-state index contributed by atoms with van der Waals surface area (Å²) in [6, 6.07) is 4.84. The first-order valence-corrected chi connectivity index (χ1v) is 6.00. The summed E-state index contributed by atoms with van der Waals surface area (Å²) in [5.41, 5.74) is -0.242. The van der Waals surface area contributed by atoms with E-state index < -0.39 is 17.3 Å². The van der Waals surface area contributed by atoms with Crippen LogP contribution in [0.1, 0.15) is 17.2 Å². The van der Waals surface area contributed by atoms with Crippen LogP contribution in [0, 0.1) is 11.3 Å². The lowest BCUT2D eigenvalue weighted by molar-refractivity contribution is -0.112. The highest BCUT2D eigenvalue weighted by Gasteiger charge is 2.17. The highest BCUT2D eigenvalue weighted by atomic mass is 32.1. The molecular weight excluding hydrogens is 290 g/mol. The van der Waals surface area contributed by atoms with Gasteiger partial charge in [-0.3, -0.25) is 10.1 Å². The average Bonchev–Trinajstić information content (AvgIpc) is 3.06. The van der Waals surface area contributed by atoms with Gasteiger partial charge in [-0.25, -0.2) is 8.78 Å². The zero-order chi connectivity index (χ0) is 14.5. The number of alkyl halides is 2. The molecule has 2 aromatic rings. The molecule has 2 rings (SSSR count). The van der Waals surface area contributed by atoms with Crippen LogP contribution >= 0.6 is 11.3 Å². The van der Waals surface area contributed by atoms with Crippen molar-refractivity contribution < 1.29 is 18.0 Å². The van der Waals surface area contributed by atoms with E-state index in [1.165, 1.54) is 12.3 Å². The maximum atomic E-state index is 12.3. The number of aromatic nitrogens is 2. The van der Waals surface area contributed by atoms with Gasteiger partial charge in [0.05, 0.1) is 6.26 Å². The van der Waals surface area contributed by atoms with Gasteiger partial charge < -0.3 is 4.42 Å². The lowest BCUT2D eigenvalue weighted by atomic mass is 10.2. The fourth-order valence-corrected chi connectivity index (χ4v) is 1.80. The molecule has 0 unspecified atom stereocenters. The van der Waals surface area contributed by atoms with Crippen molar-refractivity contribution in [2.75, 3.05) is 5.32 Å². The van der Waals surface area contributed by atoms with E-state index in [0.717, 1.165) is 0 Å². The van der Waals surface area contributed by atoms with Crippen LogP contribution < -0.4 is 5.32 Å². The maximum Gasteiger partial charge on any atom is 0.291 e. The molecule has 1 N–H and O–H groups in total. The fraction of sp³-hybridized carbons (Fsp3) is 0.0909. The number of amides is 1. The van der Waals surface area contributed by atoms with E-state index >= 15 is 0 Å². The number of anilines is 1. The SMILES string of the molecule is N#C/C(=C\c1ccco1)C(=O)Nc1nnc(C(F)F)s1. The minimum Gasteiger partial charge on any atom is -0.465 e. The third-order valence-corrected chi connectivity index (χ3v) is 2.89. The van der Waals surface area contributed by atoms with Crippen LogP contribution in [0.5, 0.6) is 0 Å². The summed E-state index contributed by atoms with van der Waals surface area (Å²) in [5, 5.41) is 17.1. The molecule has 2 heterocycles. The number of nitrogens with one attached hydrogen (secondary N) is 1. The van der Waals surface area contributed by atoms with E-state index in [1.807, 2.05) is 0 Å². The van der Waals surface area contributed by atoms with E-state index in [-0.39, 0.29) is 10.7 Å². The predicted octanol–water partition coefficient (Wildman–Crippen LogP) is 2.61. The standard InChI is InChI=1S/C11H6F2N4O2S/c12-8(13)10-16-17-11(20-10)15-9(18)6(5-14)4-7-2-1-3-19-7/h1-4,8H,(H,15,17,18)/b6-4+. The maximum absolute atomic E-state index is 12.3. The van der Waals surface area contributed by atoms with Gasteiger partial charge in [-0.2, -0.15) is 5.26 Å². The minimum absolute atomic E-state index is 0.106. The first kappa shape index (κ1) is 13.8. The normalized spacial score (nSPS) is 11.4. The molecule has 0 aromatic carbocycles. The van der Waals surface area contributed by atoms with Gasteiger partial charge in [-0.15, -0.1) is 10.2 Å².